The van der Waals surface area contributed by atoms with Gasteiger partial charge in [0.05, 0.1) is 17.9 Å². The van der Waals surface area contributed by atoms with Crippen LogP contribution in [0, 0.1) is 10.1 Å². The van der Waals surface area contributed by atoms with Crippen molar-refractivity contribution in [3.05, 3.63) is 86.4 Å². The Kier molecular flexibility index (Phi) is 4.13. The molecule has 0 aliphatic carbocycles. The minimum Gasteiger partial charge on any atom is -0.450 e. The van der Waals surface area contributed by atoms with Gasteiger partial charge in [-0.15, -0.1) is 5.10 Å². The molecule has 3 aromatic rings. The molecule has 4 rings (SSSR count). The molecule has 0 radical (unpaired) electrons. The fraction of sp³-hybridized carbons (Fsp3) is 0.167. The molecule has 1 aliphatic heterocycles. The predicted octanol–water partition coefficient (Wildman–Crippen LogP) is 3.84. The van der Waals surface area contributed by atoms with Gasteiger partial charge in [0.2, 0.25) is 4.73 Å². The Morgan fingerprint density at radius 2 is 1.96 bits per heavy atom. The monoisotopic (exact) mass is 429 g/mol. The summed E-state index contributed by atoms with van der Waals surface area (Å²) in [4.78, 5) is 27.0. The molecule has 9 heteroatoms. The summed E-state index contributed by atoms with van der Waals surface area (Å²) in [6.07, 6.45) is -1.59. The van der Waals surface area contributed by atoms with Gasteiger partial charge in [-0.3, -0.25) is 10.1 Å². The number of hydrogen-bond acceptors (Lipinski definition) is 6. The largest absolute Gasteiger partial charge is 0.450 e. The zero-order valence-electron chi connectivity index (χ0n) is 14.8. The third-order valence-corrected chi connectivity index (χ3v) is 4.58. The topological polar surface area (TPSA) is 100 Å². The average molecular weight is 430 g/mol. The predicted molar refractivity (Wildman–Crippen MR) is 98.2 cm³/mol. The van der Waals surface area contributed by atoms with E-state index in [4.69, 9.17) is 6.11 Å². The van der Waals surface area contributed by atoms with E-state index in [1.54, 1.807) is 4.68 Å². The first-order valence-electron chi connectivity index (χ1n) is 8.53. The first kappa shape index (κ1) is 16.1. The Bertz CT molecular complexity index is 1060. The van der Waals surface area contributed by atoms with Crippen LogP contribution in [0.1, 0.15) is 41.7 Å². The molecule has 2 atom stereocenters. The van der Waals surface area contributed by atoms with Crippen LogP contribution in [-0.4, -0.2) is 25.7 Å². The maximum Gasteiger partial charge on any atom is 0.338 e. The average Bonchev–Trinajstić information content (AvgIpc) is 3.19. The van der Waals surface area contributed by atoms with E-state index in [0.29, 0.717) is 4.73 Å². The quantitative estimate of drug-likeness (QED) is 0.354. The molecule has 0 saturated carbocycles. The van der Waals surface area contributed by atoms with Crippen molar-refractivity contribution in [2.75, 3.05) is 0 Å². The molecule has 0 bridgehead atoms. The number of aromatic nitrogens is 3. The molecule has 0 amide bonds. The van der Waals surface area contributed by atoms with Gasteiger partial charge in [-0.1, -0.05) is 30.3 Å². The fourth-order valence-electron chi connectivity index (χ4n) is 2.97. The molecule has 2 aromatic carbocycles. The van der Waals surface area contributed by atoms with Crippen molar-refractivity contribution in [1.29, 1.82) is 0 Å². The van der Waals surface area contributed by atoms with Crippen LogP contribution in [0.2, 0.25) is 0 Å². The molecular weight excluding hydrogens is 416 g/mol. The van der Waals surface area contributed by atoms with Crippen molar-refractivity contribution in [3.8, 4) is 0 Å². The van der Waals surface area contributed by atoms with Gasteiger partial charge in [0.15, 0.2) is 11.9 Å². The van der Waals surface area contributed by atoms with Crippen molar-refractivity contribution in [1.82, 2.24) is 14.8 Å². The summed E-state index contributed by atoms with van der Waals surface area (Å²) < 4.78 is 16.1. The van der Waals surface area contributed by atoms with E-state index in [9.17, 15) is 14.9 Å². The molecule has 8 nitrogen and oxygen atoms in total. The summed E-state index contributed by atoms with van der Waals surface area (Å²) in [6, 6.07) is 14.2. The Morgan fingerprint density at radius 1 is 1.26 bits per heavy atom. The molecule has 0 saturated heterocycles. The van der Waals surface area contributed by atoms with Gasteiger partial charge in [0.25, 0.3) is 5.69 Å². The van der Waals surface area contributed by atoms with Crippen molar-refractivity contribution in [3.63, 3.8) is 0 Å². The molecule has 2 heterocycles. The smallest absolute Gasteiger partial charge is 0.338 e. The number of fused-ring (bicyclic) bond motifs is 1. The zero-order valence-corrected chi connectivity index (χ0v) is 15.4. The van der Waals surface area contributed by atoms with Crippen LogP contribution in [0.4, 0.5) is 5.69 Å². The first-order valence-corrected chi connectivity index (χ1v) is 8.82. The van der Waals surface area contributed by atoms with E-state index >= 15 is 0 Å². The standard InChI is InChI=1S/C18H13BrN4O4/c19-18-20-16-15(10-14(22(16)21-18)11-4-2-1-3-5-11)27-17(24)12-6-8-13(9-7-12)23(25)26/h1-9,14-15H,10H2/i15D. The number of carbonyl (C=O) groups excluding carboxylic acids is 1. The number of halogens is 1. The van der Waals surface area contributed by atoms with Gasteiger partial charge in [0, 0.05) is 18.6 Å². The van der Waals surface area contributed by atoms with Crippen LogP contribution in [0.15, 0.2) is 59.3 Å². The maximum absolute atomic E-state index is 12.6. The Hall–Kier alpha value is -3.07. The lowest BCUT2D eigenvalue weighted by Gasteiger charge is -2.13. The first-order chi connectivity index (χ1) is 13.4. The highest BCUT2D eigenvalue weighted by molar-refractivity contribution is 9.10. The van der Waals surface area contributed by atoms with Crippen LogP contribution in [0.3, 0.4) is 0 Å². The maximum atomic E-state index is 12.6. The van der Waals surface area contributed by atoms with Gasteiger partial charge in [-0.2, -0.15) is 0 Å². The number of carbonyl (C=O) groups is 1. The van der Waals surface area contributed by atoms with Crippen molar-refractivity contribution in [2.24, 2.45) is 0 Å². The van der Waals surface area contributed by atoms with Crippen molar-refractivity contribution < 1.29 is 15.8 Å². The molecule has 0 spiro atoms. The number of hydrogen-bond donors (Lipinski definition) is 0. The summed E-state index contributed by atoms with van der Waals surface area (Å²) in [6.45, 7) is 0. The Morgan fingerprint density at radius 3 is 2.63 bits per heavy atom. The third-order valence-electron chi connectivity index (χ3n) is 4.24. The molecule has 2 unspecified atom stereocenters. The molecular formula is C18H13BrN4O4. The third kappa shape index (κ3) is 3.33. The van der Waals surface area contributed by atoms with Gasteiger partial charge in [0.1, 0.15) is 0 Å². The van der Waals surface area contributed by atoms with E-state index in [1.807, 2.05) is 30.3 Å². The van der Waals surface area contributed by atoms with Gasteiger partial charge < -0.3 is 4.74 Å². The van der Waals surface area contributed by atoms with E-state index in [-0.39, 0.29) is 29.5 Å². The van der Waals surface area contributed by atoms with E-state index in [1.165, 1.54) is 24.3 Å². The van der Waals surface area contributed by atoms with E-state index < -0.39 is 17.0 Å². The minimum atomic E-state index is -1.74. The zero-order chi connectivity index (χ0) is 19.9. The Labute approximate surface area is 163 Å². The lowest BCUT2D eigenvalue weighted by atomic mass is 10.0. The molecule has 0 fully saturated rings. The number of nitro groups is 1. The normalized spacial score (nSPS) is 21.4. The van der Waals surface area contributed by atoms with Gasteiger partial charge in [-0.05, 0) is 33.6 Å². The number of ether oxygens (including phenoxy) is 1. The van der Waals surface area contributed by atoms with Crippen molar-refractivity contribution >= 4 is 27.6 Å². The summed E-state index contributed by atoms with van der Waals surface area (Å²) in [5, 5.41) is 15.1. The number of benzene rings is 2. The van der Waals surface area contributed by atoms with Crippen LogP contribution in [-0.2, 0) is 4.74 Å². The summed E-state index contributed by atoms with van der Waals surface area (Å²) in [5.41, 5.74) is 0.901. The number of nitrogens with zero attached hydrogens (tertiary/aromatic N) is 4. The minimum absolute atomic E-state index is 0.116. The highest BCUT2D eigenvalue weighted by Crippen LogP contribution is 2.40. The molecule has 1 aliphatic rings. The second-order valence-electron chi connectivity index (χ2n) is 5.90. The summed E-state index contributed by atoms with van der Waals surface area (Å²) in [5.74, 6) is -0.548. The second kappa shape index (κ2) is 6.92. The number of esters is 1. The Balaban J connectivity index is 1.63. The summed E-state index contributed by atoms with van der Waals surface area (Å²) >= 11 is 3.21. The molecule has 0 N–H and O–H groups in total. The SMILES string of the molecule is [2H]C1(OC(=O)c2ccc([N+](=O)[O-])cc2)CC(c2ccccc2)n2nc(Br)nc21. The number of nitro benzene ring substituents is 1. The molecule has 136 valence electrons. The van der Waals surface area contributed by atoms with Crippen LogP contribution < -0.4 is 0 Å². The lowest BCUT2D eigenvalue weighted by molar-refractivity contribution is -0.384. The second-order valence-corrected chi connectivity index (χ2v) is 6.61. The van der Waals surface area contributed by atoms with Crippen LogP contribution in [0.5, 0.6) is 0 Å². The summed E-state index contributed by atoms with van der Waals surface area (Å²) in [7, 11) is 0. The molecule has 27 heavy (non-hydrogen) atoms. The lowest BCUT2D eigenvalue weighted by Crippen LogP contribution is -2.10. The molecule has 1 aromatic heterocycles. The van der Waals surface area contributed by atoms with Crippen molar-refractivity contribution in [2.45, 2.75) is 18.5 Å². The number of non-ortho nitro benzene ring substituents is 1. The van der Waals surface area contributed by atoms with E-state index in [0.717, 1.165) is 5.56 Å². The van der Waals surface area contributed by atoms with Crippen LogP contribution in [0.25, 0.3) is 0 Å². The van der Waals surface area contributed by atoms with E-state index in [2.05, 4.69) is 26.0 Å². The fourth-order valence-corrected chi connectivity index (χ4v) is 3.31. The number of rotatable bonds is 4. The van der Waals surface area contributed by atoms with Gasteiger partial charge >= 0.3 is 5.97 Å². The van der Waals surface area contributed by atoms with Gasteiger partial charge in [-0.25, -0.2) is 14.5 Å². The highest BCUT2D eigenvalue weighted by Gasteiger charge is 2.37. The van der Waals surface area contributed by atoms with Crippen LogP contribution >= 0.6 is 15.9 Å². The highest BCUT2D eigenvalue weighted by atomic mass is 79.9.